The van der Waals surface area contributed by atoms with Crippen LogP contribution in [0.15, 0.2) is 27.4 Å². The van der Waals surface area contributed by atoms with Crippen molar-refractivity contribution in [1.82, 2.24) is 4.98 Å². The number of halogens is 3. The third-order valence-electron chi connectivity index (χ3n) is 3.72. The minimum absolute atomic E-state index is 0.143. The van der Waals surface area contributed by atoms with Crippen molar-refractivity contribution in [2.24, 2.45) is 0 Å². The van der Waals surface area contributed by atoms with E-state index in [1.807, 2.05) is 18.2 Å². The molecule has 0 atom stereocenters. The lowest BCUT2D eigenvalue weighted by atomic mass is 10.1. The summed E-state index contributed by atoms with van der Waals surface area (Å²) in [5, 5.41) is 1.42. The van der Waals surface area contributed by atoms with Crippen LogP contribution in [-0.2, 0) is 0 Å². The van der Waals surface area contributed by atoms with Crippen LogP contribution in [-0.4, -0.2) is 18.1 Å². The van der Waals surface area contributed by atoms with Crippen LogP contribution in [0.2, 0.25) is 14.5 Å². The maximum atomic E-state index is 12.4. The van der Waals surface area contributed by atoms with Gasteiger partial charge in [0.25, 0.3) is 0 Å². The molecule has 0 bridgehead atoms. The van der Waals surface area contributed by atoms with Gasteiger partial charge >= 0.3 is 5.63 Å². The molecule has 0 aliphatic rings. The third kappa shape index (κ3) is 3.02. The maximum Gasteiger partial charge on any atom is 0.348 e. The monoisotopic (exact) mass is 402 g/mol. The maximum absolute atomic E-state index is 12.4. The Bertz CT molecular complexity index is 944. The van der Waals surface area contributed by atoms with E-state index in [2.05, 4.69) is 23.7 Å². The largest absolute Gasteiger partial charge is 0.422 e. The number of thiazole rings is 1. The molecular formula is C16H13Cl3N2O2S. The molecular weight excluding hydrogens is 391 g/mol. The van der Waals surface area contributed by atoms with Crippen LogP contribution in [0.5, 0.6) is 0 Å². The second-order valence-corrected chi connectivity index (χ2v) is 7.35. The SMILES string of the molecule is CCN(CC)c1ccc2c(Cl)c(-c3nc(Cl)c(Cl)s3)c(=O)oc2c1. The summed E-state index contributed by atoms with van der Waals surface area (Å²) in [4.78, 5) is 18.6. The van der Waals surface area contributed by atoms with Gasteiger partial charge in [-0.1, -0.05) is 46.1 Å². The fraction of sp³-hybridized carbons (Fsp3) is 0.250. The normalized spacial score (nSPS) is 11.2. The molecule has 2 aromatic heterocycles. The first-order chi connectivity index (χ1) is 11.5. The zero-order valence-electron chi connectivity index (χ0n) is 12.9. The minimum atomic E-state index is -0.564. The Hall–Kier alpha value is -1.27. The Morgan fingerprint density at radius 3 is 2.50 bits per heavy atom. The van der Waals surface area contributed by atoms with Crippen molar-refractivity contribution in [2.45, 2.75) is 13.8 Å². The number of hydrogen-bond acceptors (Lipinski definition) is 5. The molecule has 1 aromatic carbocycles. The quantitative estimate of drug-likeness (QED) is 0.522. The topological polar surface area (TPSA) is 46.3 Å². The molecule has 0 N–H and O–H groups in total. The van der Waals surface area contributed by atoms with Gasteiger partial charge in [-0.3, -0.25) is 0 Å². The van der Waals surface area contributed by atoms with Gasteiger partial charge in [-0.2, -0.15) is 0 Å². The molecule has 4 nitrogen and oxygen atoms in total. The molecule has 3 rings (SSSR count). The third-order valence-corrected chi connectivity index (χ3v) is 5.87. The van der Waals surface area contributed by atoms with Gasteiger partial charge in [0.15, 0.2) is 5.15 Å². The number of aromatic nitrogens is 1. The number of hydrogen-bond donors (Lipinski definition) is 0. The van der Waals surface area contributed by atoms with E-state index in [1.54, 1.807) is 0 Å². The smallest absolute Gasteiger partial charge is 0.348 e. The molecule has 0 saturated heterocycles. The lowest BCUT2D eigenvalue weighted by molar-refractivity contribution is 0.563. The summed E-state index contributed by atoms with van der Waals surface area (Å²) < 4.78 is 5.78. The van der Waals surface area contributed by atoms with Gasteiger partial charge in [-0.05, 0) is 26.0 Å². The summed E-state index contributed by atoms with van der Waals surface area (Å²) in [6.45, 7) is 5.84. The van der Waals surface area contributed by atoms with E-state index >= 15 is 0 Å². The number of benzene rings is 1. The van der Waals surface area contributed by atoms with Crippen LogP contribution in [0.25, 0.3) is 21.5 Å². The van der Waals surface area contributed by atoms with Crippen molar-refractivity contribution in [1.29, 1.82) is 0 Å². The van der Waals surface area contributed by atoms with Crippen molar-refractivity contribution in [3.8, 4) is 10.6 Å². The van der Waals surface area contributed by atoms with E-state index in [9.17, 15) is 4.79 Å². The first-order valence-corrected chi connectivity index (χ1v) is 9.24. The summed E-state index contributed by atoms with van der Waals surface area (Å²) >= 11 is 19.3. The van der Waals surface area contributed by atoms with Crippen LogP contribution in [0.4, 0.5) is 5.69 Å². The van der Waals surface area contributed by atoms with Gasteiger partial charge in [-0.25, -0.2) is 9.78 Å². The highest BCUT2D eigenvalue weighted by molar-refractivity contribution is 7.19. The molecule has 126 valence electrons. The van der Waals surface area contributed by atoms with Crippen molar-refractivity contribution in [3.05, 3.63) is 43.1 Å². The number of fused-ring (bicyclic) bond motifs is 1. The van der Waals surface area contributed by atoms with Gasteiger partial charge < -0.3 is 9.32 Å². The molecule has 3 aromatic rings. The van der Waals surface area contributed by atoms with E-state index in [0.29, 0.717) is 20.3 Å². The van der Waals surface area contributed by atoms with E-state index < -0.39 is 5.63 Å². The standard InChI is InChI=1S/C16H13Cl3N2O2S/c1-3-21(4-2)8-5-6-9-10(7-8)23-16(22)11(12(9)17)15-20-13(18)14(19)24-15/h5-7H,3-4H2,1-2H3. The van der Waals surface area contributed by atoms with Gasteiger partial charge in [0.2, 0.25) is 0 Å². The molecule has 8 heteroatoms. The molecule has 0 aliphatic carbocycles. The lowest BCUT2D eigenvalue weighted by Gasteiger charge is -2.21. The summed E-state index contributed by atoms with van der Waals surface area (Å²) in [6, 6.07) is 5.61. The Kier molecular flexibility index (Phi) is 5.06. The van der Waals surface area contributed by atoms with Crippen LogP contribution in [0, 0.1) is 0 Å². The molecule has 0 aliphatic heterocycles. The van der Waals surface area contributed by atoms with E-state index in [-0.39, 0.29) is 15.7 Å². The second-order valence-electron chi connectivity index (χ2n) is 5.01. The first kappa shape index (κ1) is 17.5. The van der Waals surface area contributed by atoms with Crippen LogP contribution in [0.3, 0.4) is 0 Å². The van der Waals surface area contributed by atoms with Gasteiger partial charge in [0.05, 0.1) is 5.02 Å². The zero-order valence-corrected chi connectivity index (χ0v) is 16.0. The summed E-state index contributed by atoms with van der Waals surface area (Å²) in [5.74, 6) is 0. The van der Waals surface area contributed by atoms with Crippen molar-refractivity contribution < 1.29 is 4.42 Å². The summed E-state index contributed by atoms with van der Waals surface area (Å²) in [7, 11) is 0. The summed E-state index contributed by atoms with van der Waals surface area (Å²) in [6.07, 6.45) is 0. The van der Waals surface area contributed by atoms with E-state index in [1.165, 1.54) is 0 Å². The Morgan fingerprint density at radius 2 is 1.92 bits per heavy atom. The highest BCUT2D eigenvalue weighted by Crippen LogP contribution is 2.38. The molecule has 0 amide bonds. The first-order valence-electron chi connectivity index (χ1n) is 7.29. The van der Waals surface area contributed by atoms with E-state index in [0.717, 1.165) is 30.1 Å². The molecule has 0 fully saturated rings. The number of rotatable bonds is 4. The molecule has 2 heterocycles. The minimum Gasteiger partial charge on any atom is -0.422 e. The van der Waals surface area contributed by atoms with Crippen molar-refractivity contribution in [2.75, 3.05) is 18.0 Å². The molecule has 0 spiro atoms. The van der Waals surface area contributed by atoms with Crippen molar-refractivity contribution >= 4 is 62.8 Å². The fourth-order valence-corrected chi connectivity index (χ4v) is 4.12. The zero-order chi connectivity index (χ0) is 17.4. The molecule has 0 saturated carbocycles. The predicted molar refractivity (Wildman–Crippen MR) is 102 cm³/mol. The highest BCUT2D eigenvalue weighted by Gasteiger charge is 2.20. The van der Waals surface area contributed by atoms with Crippen LogP contribution >= 0.6 is 46.1 Å². The van der Waals surface area contributed by atoms with Crippen LogP contribution < -0.4 is 10.5 Å². The predicted octanol–water partition coefficient (Wildman–Crippen LogP) is 5.72. The molecule has 0 unspecified atom stereocenters. The van der Waals surface area contributed by atoms with Gasteiger partial charge in [0, 0.05) is 30.2 Å². The average molecular weight is 404 g/mol. The van der Waals surface area contributed by atoms with Gasteiger partial charge in [-0.15, -0.1) is 0 Å². The number of anilines is 1. The second kappa shape index (κ2) is 6.92. The Balaban J connectivity index is 2.21. The molecule has 0 radical (unpaired) electrons. The molecule has 24 heavy (non-hydrogen) atoms. The summed E-state index contributed by atoms with van der Waals surface area (Å²) in [5.41, 5.74) is 1.02. The lowest BCUT2D eigenvalue weighted by Crippen LogP contribution is -2.21. The Morgan fingerprint density at radius 1 is 1.21 bits per heavy atom. The average Bonchev–Trinajstić information content (AvgIpc) is 2.87. The Labute approximate surface area is 157 Å². The van der Waals surface area contributed by atoms with Crippen molar-refractivity contribution in [3.63, 3.8) is 0 Å². The number of nitrogens with zero attached hydrogens (tertiary/aromatic N) is 2. The highest BCUT2D eigenvalue weighted by atomic mass is 35.5. The van der Waals surface area contributed by atoms with Gasteiger partial charge in [0.1, 0.15) is 20.5 Å². The van der Waals surface area contributed by atoms with Crippen LogP contribution in [0.1, 0.15) is 13.8 Å². The fourth-order valence-electron chi connectivity index (χ4n) is 2.51. The van der Waals surface area contributed by atoms with E-state index in [4.69, 9.17) is 39.2 Å².